The fourth-order valence-corrected chi connectivity index (χ4v) is 4.74. The standard InChI is InChI=1S/C18H16N2O10S3/c21-17-8-1-12-11-15(32(24,25)26)6-7-16(12)18(17)20-19-13-2-4-14(5-3-13)31(22,23)10-9-30-33(27,28)29/h1-8,11,21H,9-10H2,(H,24,25,26)(H,27,28,29). The lowest BCUT2D eigenvalue weighted by molar-refractivity contribution is 0.284. The summed E-state index contributed by atoms with van der Waals surface area (Å²) in [6.07, 6.45) is 0. The van der Waals surface area contributed by atoms with Gasteiger partial charge in [0.1, 0.15) is 11.4 Å². The minimum atomic E-state index is -4.75. The van der Waals surface area contributed by atoms with E-state index in [0.29, 0.717) is 10.8 Å². The SMILES string of the molecule is O=S(=O)(O)OCCS(=O)(=O)c1ccc(N=Nc2c(O)ccc3cc(S(=O)(=O)O)ccc23)cc1. The molecule has 0 saturated heterocycles. The molecule has 3 aromatic rings. The van der Waals surface area contributed by atoms with Crippen LogP contribution in [0.5, 0.6) is 5.75 Å². The highest BCUT2D eigenvalue weighted by atomic mass is 32.3. The van der Waals surface area contributed by atoms with Crippen LogP contribution in [0.15, 0.2) is 74.6 Å². The van der Waals surface area contributed by atoms with Crippen molar-refractivity contribution in [1.82, 2.24) is 0 Å². The second kappa shape index (κ2) is 9.12. The van der Waals surface area contributed by atoms with E-state index in [2.05, 4.69) is 14.4 Å². The van der Waals surface area contributed by atoms with Crippen molar-refractivity contribution in [3.63, 3.8) is 0 Å². The highest BCUT2D eigenvalue weighted by Crippen LogP contribution is 2.37. The van der Waals surface area contributed by atoms with Crippen LogP contribution in [0.25, 0.3) is 10.8 Å². The minimum Gasteiger partial charge on any atom is -0.506 e. The highest BCUT2D eigenvalue weighted by molar-refractivity contribution is 7.91. The van der Waals surface area contributed by atoms with Crippen LogP contribution in [0.1, 0.15) is 0 Å². The number of hydrogen-bond donors (Lipinski definition) is 3. The molecule has 0 aliphatic carbocycles. The van der Waals surface area contributed by atoms with Gasteiger partial charge in [-0.05, 0) is 47.9 Å². The van der Waals surface area contributed by atoms with Crippen molar-refractivity contribution in [3.8, 4) is 5.75 Å². The molecule has 0 saturated carbocycles. The van der Waals surface area contributed by atoms with E-state index in [1.54, 1.807) is 0 Å². The number of azo groups is 1. The molecule has 3 rings (SSSR count). The number of benzene rings is 3. The van der Waals surface area contributed by atoms with Crippen LogP contribution < -0.4 is 0 Å². The van der Waals surface area contributed by atoms with Gasteiger partial charge < -0.3 is 5.11 Å². The van der Waals surface area contributed by atoms with Crippen molar-refractivity contribution in [2.45, 2.75) is 9.79 Å². The normalized spacial score (nSPS) is 13.0. The average Bonchev–Trinajstić information content (AvgIpc) is 2.71. The molecule has 0 bridgehead atoms. The summed E-state index contributed by atoms with van der Waals surface area (Å²) in [5.74, 6) is -0.938. The second-order valence-corrected chi connectivity index (χ2v) is 11.2. The zero-order valence-corrected chi connectivity index (χ0v) is 18.9. The summed E-state index contributed by atoms with van der Waals surface area (Å²) in [5, 5.41) is 18.8. The molecule has 15 heteroatoms. The summed E-state index contributed by atoms with van der Waals surface area (Å²) < 4.78 is 89.7. The topological polar surface area (TPSA) is 197 Å². The maximum Gasteiger partial charge on any atom is 0.397 e. The molecule has 176 valence electrons. The Hall–Kier alpha value is -2.95. The lowest BCUT2D eigenvalue weighted by atomic mass is 10.1. The predicted octanol–water partition coefficient (Wildman–Crippen LogP) is 2.80. The fraction of sp³-hybridized carbons (Fsp3) is 0.111. The van der Waals surface area contributed by atoms with Gasteiger partial charge in [0.15, 0.2) is 9.84 Å². The van der Waals surface area contributed by atoms with Crippen molar-refractivity contribution < 1.29 is 43.6 Å². The first-order chi connectivity index (χ1) is 15.3. The summed E-state index contributed by atoms with van der Waals surface area (Å²) in [4.78, 5) is -0.478. The first-order valence-corrected chi connectivity index (χ1v) is 13.3. The van der Waals surface area contributed by atoms with E-state index in [-0.39, 0.29) is 26.9 Å². The van der Waals surface area contributed by atoms with E-state index < -0.39 is 42.7 Å². The molecule has 0 unspecified atom stereocenters. The summed E-state index contributed by atoms with van der Waals surface area (Å²) in [5.41, 5.74) is 0.238. The Bertz CT molecular complexity index is 1550. The Morgan fingerprint density at radius 3 is 2.03 bits per heavy atom. The quantitative estimate of drug-likeness (QED) is 0.295. The van der Waals surface area contributed by atoms with Crippen LogP contribution in [-0.4, -0.2) is 51.8 Å². The molecule has 33 heavy (non-hydrogen) atoms. The van der Waals surface area contributed by atoms with Crippen molar-refractivity contribution in [3.05, 3.63) is 54.6 Å². The third-order valence-corrected chi connectivity index (χ3v) is 7.29. The van der Waals surface area contributed by atoms with Gasteiger partial charge in [0.05, 0.1) is 27.8 Å². The lowest BCUT2D eigenvalue weighted by Gasteiger charge is -2.06. The van der Waals surface area contributed by atoms with Crippen molar-refractivity contribution in [1.29, 1.82) is 0 Å². The number of nitrogens with zero attached hydrogens (tertiary/aromatic N) is 2. The van der Waals surface area contributed by atoms with Crippen molar-refractivity contribution >= 4 is 52.5 Å². The molecule has 0 aliphatic rings. The number of aromatic hydroxyl groups is 1. The van der Waals surface area contributed by atoms with Crippen molar-refractivity contribution in [2.75, 3.05) is 12.4 Å². The van der Waals surface area contributed by atoms with E-state index in [4.69, 9.17) is 4.55 Å². The Labute approximate surface area is 188 Å². The molecule has 0 radical (unpaired) electrons. The number of rotatable bonds is 8. The Balaban J connectivity index is 1.85. The van der Waals surface area contributed by atoms with Gasteiger partial charge in [-0.25, -0.2) is 12.6 Å². The Morgan fingerprint density at radius 1 is 0.788 bits per heavy atom. The van der Waals surface area contributed by atoms with Gasteiger partial charge in [0.2, 0.25) is 0 Å². The van der Waals surface area contributed by atoms with Gasteiger partial charge in [-0.15, -0.1) is 5.11 Å². The fourth-order valence-electron chi connectivity index (χ4n) is 2.74. The smallest absolute Gasteiger partial charge is 0.397 e. The van der Waals surface area contributed by atoms with E-state index >= 15 is 0 Å². The zero-order chi connectivity index (χ0) is 24.4. The molecule has 3 N–H and O–H groups in total. The van der Waals surface area contributed by atoms with E-state index in [1.807, 2.05) is 0 Å². The number of phenolic OH excluding ortho intramolecular Hbond substituents is 1. The number of phenols is 1. The molecule has 0 heterocycles. The summed E-state index contributed by atoms with van der Waals surface area (Å²) in [6, 6.07) is 11.4. The van der Waals surface area contributed by atoms with Gasteiger partial charge >= 0.3 is 10.4 Å². The number of hydrogen-bond acceptors (Lipinski definition) is 10. The maximum atomic E-state index is 12.2. The van der Waals surface area contributed by atoms with Crippen LogP contribution in [-0.2, 0) is 34.5 Å². The third-order valence-electron chi connectivity index (χ3n) is 4.29. The Morgan fingerprint density at radius 2 is 1.42 bits per heavy atom. The predicted molar refractivity (Wildman–Crippen MR) is 116 cm³/mol. The molecule has 0 aromatic heterocycles. The van der Waals surface area contributed by atoms with E-state index in [9.17, 15) is 34.9 Å². The average molecular weight is 517 g/mol. The summed E-state index contributed by atoms with van der Waals surface area (Å²) >= 11 is 0. The molecule has 12 nitrogen and oxygen atoms in total. The minimum absolute atomic E-state index is 0.0217. The van der Waals surface area contributed by atoms with Crippen LogP contribution in [0.2, 0.25) is 0 Å². The number of fused-ring (bicyclic) bond motifs is 1. The van der Waals surface area contributed by atoms with Crippen LogP contribution in [0.4, 0.5) is 11.4 Å². The summed E-state index contributed by atoms with van der Waals surface area (Å²) in [7, 11) is -13.1. The summed E-state index contributed by atoms with van der Waals surface area (Å²) in [6.45, 7) is -0.762. The van der Waals surface area contributed by atoms with Crippen LogP contribution in [0.3, 0.4) is 0 Å². The maximum absolute atomic E-state index is 12.2. The first-order valence-electron chi connectivity index (χ1n) is 8.86. The molecule has 0 amide bonds. The van der Waals surface area contributed by atoms with Gasteiger partial charge in [0, 0.05) is 5.39 Å². The van der Waals surface area contributed by atoms with Gasteiger partial charge in [0.25, 0.3) is 10.1 Å². The van der Waals surface area contributed by atoms with Crippen molar-refractivity contribution in [2.24, 2.45) is 10.2 Å². The molecule has 0 atom stereocenters. The van der Waals surface area contributed by atoms with Crippen LogP contribution in [0, 0.1) is 0 Å². The molecular formula is C18H16N2O10S3. The molecular weight excluding hydrogens is 500 g/mol. The molecule has 0 fully saturated rings. The van der Waals surface area contributed by atoms with Gasteiger partial charge in [-0.1, -0.05) is 12.1 Å². The lowest BCUT2D eigenvalue weighted by Crippen LogP contribution is -2.15. The zero-order valence-electron chi connectivity index (χ0n) is 16.4. The molecule has 3 aromatic carbocycles. The highest BCUT2D eigenvalue weighted by Gasteiger charge is 2.17. The van der Waals surface area contributed by atoms with E-state index in [1.165, 1.54) is 48.5 Å². The van der Waals surface area contributed by atoms with Gasteiger partial charge in [-0.3, -0.25) is 9.11 Å². The van der Waals surface area contributed by atoms with Gasteiger partial charge in [-0.2, -0.15) is 21.9 Å². The third kappa shape index (κ3) is 6.31. The second-order valence-electron chi connectivity index (χ2n) is 6.55. The molecule has 0 spiro atoms. The van der Waals surface area contributed by atoms with Crippen LogP contribution >= 0.6 is 0 Å². The molecule has 0 aliphatic heterocycles. The largest absolute Gasteiger partial charge is 0.506 e. The first kappa shape index (κ1) is 24.7. The number of sulfone groups is 1. The Kier molecular flexibility index (Phi) is 6.83. The monoisotopic (exact) mass is 516 g/mol. The van der Waals surface area contributed by atoms with E-state index in [0.717, 1.165) is 6.07 Å².